The molecule has 3 amide bonds. The number of furan rings is 1. The number of hydrogen-bond donors (Lipinski definition) is 0. The van der Waals surface area contributed by atoms with E-state index in [4.69, 9.17) is 32.4 Å². The summed E-state index contributed by atoms with van der Waals surface area (Å²) in [6, 6.07) is 12.4. The molecular weight excluding hydrogens is 553 g/mol. The van der Waals surface area contributed by atoms with Crippen molar-refractivity contribution in [2.75, 3.05) is 40.3 Å². The van der Waals surface area contributed by atoms with Crippen LogP contribution in [0.4, 0.5) is 0 Å². The fourth-order valence-corrected chi connectivity index (χ4v) is 6.26. The van der Waals surface area contributed by atoms with Gasteiger partial charge in [0.2, 0.25) is 11.8 Å². The molecule has 0 bridgehead atoms. The quantitative estimate of drug-likeness (QED) is 0.397. The zero-order chi connectivity index (χ0) is 28.6. The molecule has 0 saturated carbocycles. The second kappa shape index (κ2) is 11.7. The van der Waals surface area contributed by atoms with Gasteiger partial charge < -0.3 is 23.9 Å². The molecule has 0 spiro atoms. The highest BCUT2D eigenvalue weighted by molar-refractivity contribution is 6.42. The number of rotatable bonds is 5. The van der Waals surface area contributed by atoms with Gasteiger partial charge >= 0.3 is 0 Å². The third-order valence-electron chi connectivity index (χ3n) is 8.30. The highest BCUT2D eigenvalue weighted by Crippen LogP contribution is 2.36. The van der Waals surface area contributed by atoms with Crippen molar-refractivity contribution in [2.45, 2.75) is 38.1 Å². The highest BCUT2D eigenvalue weighted by atomic mass is 35.5. The molecule has 0 aliphatic carbocycles. The van der Waals surface area contributed by atoms with Crippen LogP contribution in [0.5, 0.6) is 5.75 Å². The van der Waals surface area contributed by atoms with E-state index in [0.717, 1.165) is 10.9 Å². The number of nitrogens with zero attached hydrogens (tertiary/aromatic N) is 3. The predicted molar refractivity (Wildman–Crippen MR) is 154 cm³/mol. The maximum absolute atomic E-state index is 13.7. The van der Waals surface area contributed by atoms with Gasteiger partial charge in [0.15, 0.2) is 5.76 Å². The molecule has 2 fully saturated rings. The van der Waals surface area contributed by atoms with Crippen LogP contribution in [-0.4, -0.2) is 78.8 Å². The van der Waals surface area contributed by atoms with Gasteiger partial charge in [-0.1, -0.05) is 29.3 Å². The molecule has 3 aromatic rings. The molecule has 2 aliphatic heterocycles. The molecule has 10 heteroatoms. The number of likely N-dealkylation sites (tertiary alicyclic amines) is 2. The standard InChI is InChI=1S/C30H33Cl2N3O5/c1-18(36)34-11-8-19(9-12-34)29(37)35-13-10-26(23(17-35)20-4-6-24(31)25(32)15-20)33(2)30(38)28-16-21-14-22(39-3)5-7-27(21)40-28/h4-7,14-16,19,23,26H,8-13,17H2,1-3H3/t23-,26+/m0/s1. The van der Waals surface area contributed by atoms with Gasteiger partial charge in [0, 0.05) is 63.4 Å². The van der Waals surface area contributed by atoms with E-state index < -0.39 is 0 Å². The Morgan fingerprint density at radius 2 is 1.68 bits per heavy atom. The lowest BCUT2D eigenvalue weighted by molar-refractivity contribution is -0.141. The van der Waals surface area contributed by atoms with Gasteiger partial charge in [0.1, 0.15) is 11.3 Å². The minimum Gasteiger partial charge on any atom is -0.497 e. The Kier molecular flexibility index (Phi) is 8.29. The van der Waals surface area contributed by atoms with Gasteiger partial charge in [-0.05, 0) is 61.2 Å². The maximum atomic E-state index is 13.7. The Bertz CT molecular complexity index is 1430. The summed E-state index contributed by atoms with van der Waals surface area (Å²) >= 11 is 12.6. The first-order valence-corrected chi connectivity index (χ1v) is 14.3. The Balaban J connectivity index is 1.38. The van der Waals surface area contributed by atoms with Crippen molar-refractivity contribution in [1.29, 1.82) is 0 Å². The largest absolute Gasteiger partial charge is 0.497 e. The van der Waals surface area contributed by atoms with Gasteiger partial charge in [-0.3, -0.25) is 14.4 Å². The van der Waals surface area contributed by atoms with Crippen LogP contribution in [-0.2, 0) is 9.59 Å². The van der Waals surface area contributed by atoms with Crippen LogP contribution in [0.2, 0.25) is 10.0 Å². The lowest BCUT2D eigenvalue weighted by Gasteiger charge is -2.44. The van der Waals surface area contributed by atoms with Crippen molar-refractivity contribution in [3.63, 3.8) is 0 Å². The Labute approximate surface area is 243 Å². The van der Waals surface area contributed by atoms with E-state index in [9.17, 15) is 14.4 Å². The zero-order valence-corrected chi connectivity index (χ0v) is 24.4. The first kappa shape index (κ1) is 28.3. The average Bonchev–Trinajstić information content (AvgIpc) is 3.40. The number of methoxy groups -OCH3 is 1. The number of carbonyl (C=O) groups excluding carboxylic acids is 3. The third-order valence-corrected chi connectivity index (χ3v) is 9.04. The molecule has 2 saturated heterocycles. The van der Waals surface area contributed by atoms with Crippen LogP contribution >= 0.6 is 23.2 Å². The van der Waals surface area contributed by atoms with Crippen molar-refractivity contribution >= 4 is 51.9 Å². The number of carbonyl (C=O) groups is 3. The molecule has 2 aromatic carbocycles. The number of halogens is 2. The highest BCUT2D eigenvalue weighted by Gasteiger charge is 2.39. The number of piperidine rings is 2. The van der Waals surface area contributed by atoms with E-state index in [0.29, 0.717) is 66.8 Å². The molecule has 2 atom stereocenters. The molecule has 2 aliphatic rings. The minimum atomic E-state index is -0.235. The maximum Gasteiger partial charge on any atom is 0.289 e. The third kappa shape index (κ3) is 5.65. The van der Waals surface area contributed by atoms with Crippen LogP contribution < -0.4 is 4.74 Å². The van der Waals surface area contributed by atoms with E-state index in [1.165, 1.54) is 0 Å². The van der Waals surface area contributed by atoms with Crippen LogP contribution in [0, 0.1) is 5.92 Å². The Morgan fingerprint density at radius 3 is 2.35 bits per heavy atom. The molecule has 40 heavy (non-hydrogen) atoms. The summed E-state index contributed by atoms with van der Waals surface area (Å²) < 4.78 is 11.2. The number of benzene rings is 2. The molecule has 5 rings (SSSR count). The van der Waals surface area contributed by atoms with Crippen molar-refractivity contribution in [3.8, 4) is 5.75 Å². The second-order valence-electron chi connectivity index (χ2n) is 10.6. The lowest BCUT2D eigenvalue weighted by atomic mass is 9.84. The van der Waals surface area contributed by atoms with Gasteiger partial charge in [0.25, 0.3) is 5.91 Å². The minimum absolute atomic E-state index is 0.0442. The van der Waals surface area contributed by atoms with Crippen LogP contribution in [0.15, 0.2) is 46.9 Å². The van der Waals surface area contributed by atoms with E-state index in [1.807, 2.05) is 23.1 Å². The van der Waals surface area contributed by atoms with Gasteiger partial charge in [-0.2, -0.15) is 0 Å². The number of ether oxygens (including phenoxy) is 1. The molecule has 1 aromatic heterocycles. The zero-order valence-electron chi connectivity index (χ0n) is 22.9. The van der Waals surface area contributed by atoms with Crippen molar-refractivity contribution in [1.82, 2.24) is 14.7 Å². The molecule has 0 unspecified atom stereocenters. The van der Waals surface area contributed by atoms with E-state index in [2.05, 4.69) is 0 Å². The molecule has 0 radical (unpaired) electrons. The van der Waals surface area contributed by atoms with E-state index >= 15 is 0 Å². The lowest BCUT2D eigenvalue weighted by Crippen LogP contribution is -2.53. The smallest absolute Gasteiger partial charge is 0.289 e. The summed E-state index contributed by atoms with van der Waals surface area (Å²) in [6.45, 7) is 3.74. The first-order valence-electron chi connectivity index (χ1n) is 13.5. The summed E-state index contributed by atoms with van der Waals surface area (Å²) in [5.74, 6) is 0.548. The van der Waals surface area contributed by atoms with Crippen LogP contribution in [0.1, 0.15) is 48.2 Å². The second-order valence-corrected chi connectivity index (χ2v) is 11.4. The average molecular weight is 587 g/mol. The summed E-state index contributed by atoms with van der Waals surface area (Å²) in [5, 5.41) is 1.66. The summed E-state index contributed by atoms with van der Waals surface area (Å²) in [6.07, 6.45) is 1.91. The van der Waals surface area contributed by atoms with Gasteiger partial charge in [-0.25, -0.2) is 0 Å². The van der Waals surface area contributed by atoms with E-state index in [1.54, 1.807) is 55.1 Å². The summed E-state index contributed by atoms with van der Waals surface area (Å²) in [7, 11) is 3.37. The number of amides is 3. The Hall–Kier alpha value is -3.23. The molecule has 8 nitrogen and oxygen atoms in total. The van der Waals surface area contributed by atoms with Crippen LogP contribution in [0.25, 0.3) is 11.0 Å². The Morgan fingerprint density at radius 1 is 0.950 bits per heavy atom. The molecule has 0 N–H and O–H groups in total. The molecule has 3 heterocycles. The number of fused-ring (bicyclic) bond motifs is 1. The van der Waals surface area contributed by atoms with Gasteiger partial charge in [0.05, 0.1) is 17.2 Å². The molecule has 212 valence electrons. The fraction of sp³-hybridized carbons (Fsp3) is 0.433. The SMILES string of the molecule is COc1ccc2oc(C(=O)N(C)[C@@H]3CCN(C(=O)C4CCN(C(C)=O)CC4)C[C@H]3c3ccc(Cl)c(Cl)c3)cc2c1. The normalized spacial score (nSPS) is 20.0. The van der Waals surface area contributed by atoms with Crippen molar-refractivity contribution in [2.24, 2.45) is 5.92 Å². The number of likely N-dealkylation sites (N-methyl/N-ethyl adjacent to an activating group) is 1. The van der Waals surface area contributed by atoms with Crippen molar-refractivity contribution < 1.29 is 23.5 Å². The number of hydrogen-bond acceptors (Lipinski definition) is 5. The van der Waals surface area contributed by atoms with Crippen LogP contribution in [0.3, 0.4) is 0 Å². The summed E-state index contributed by atoms with van der Waals surface area (Å²) in [4.78, 5) is 44.4. The monoisotopic (exact) mass is 585 g/mol. The van der Waals surface area contributed by atoms with E-state index in [-0.39, 0.29) is 41.4 Å². The molecular formula is C30H33Cl2N3O5. The van der Waals surface area contributed by atoms with Gasteiger partial charge in [-0.15, -0.1) is 0 Å². The topological polar surface area (TPSA) is 83.3 Å². The predicted octanol–water partition coefficient (Wildman–Crippen LogP) is 5.46. The fourth-order valence-electron chi connectivity index (χ4n) is 5.95. The first-order chi connectivity index (χ1) is 19.2. The summed E-state index contributed by atoms with van der Waals surface area (Å²) in [5.41, 5.74) is 1.52. The van der Waals surface area contributed by atoms with Crippen molar-refractivity contribution in [3.05, 3.63) is 63.8 Å².